The first kappa shape index (κ1) is 13.8. The molecule has 20 heavy (non-hydrogen) atoms. The molecule has 7 nitrogen and oxygen atoms in total. The Balaban J connectivity index is 2.38. The Morgan fingerprint density at radius 1 is 1.60 bits per heavy atom. The van der Waals surface area contributed by atoms with Crippen molar-refractivity contribution in [2.75, 3.05) is 18.0 Å². The van der Waals surface area contributed by atoms with Gasteiger partial charge in [-0.15, -0.1) is 0 Å². The molecule has 1 saturated heterocycles. The van der Waals surface area contributed by atoms with Gasteiger partial charge < -0.3 is 10.0 Å². The quantitative estimate of drug-likeness (QED) is 0.665. The second-order valence-electron chi connectivity index (χ2n) is 5.11. The molecule has 0 radical (unpaired) electrons. The van der Waals surface area contributed by atoms with E-state index < -0.39 is 16.3 Å². The maximum Gasteiger partial charge on any atom is 0.311 e. The lowest BCUT2D eigenvalue weighted by molar-refractivity contribution is -0.384. The first-order valence-electron chi connectivity index (χ1n) is 6.04. The van der Waals surface area contributed by atoms with Crippen LogP contribution in [0.1, 0.15) is 18.9 Å². The molecule has 2 rings (SSSR count). The third-order valence-electron chi connectivity index (χ3n) is 3.63. The molecule has 1 aromatic carbocycles. The van der Waals surface area contributed by atoms with Gasteiger partial charge in [0, 0.05) is 19.2 Å². The van der Waals surface area contributed by atoms with Crippen molar-refractivity contribution in [2.45, 2.75) is 13.3 Å². The van der Waals surface area contributed by atoms with Gasteiger partial charge in [0.2, 0.25) is 0 Å². The fourth-order valence-corrected chi connectivity index (χ4v) is 2.35. The molecule has 1 fully saturated rings. The number of carbonyl (C=O) groups is 1. The molecule has 1 unspecified atom stereocenters. The van der Waals surface area contributed by atoms with E-state index in [1.807, 2.05) is 6.07 Å². The Morgan fingerprint density at radius 2 is 2.30 bits per heavy atom. The molecule has 0 spiro atoms. The highest BCUT2D eigenvalue weighted by atomic mass is 16.6. The SMILES string of the molecule is CC1(C(=O)O)CCN(c2ccc(C#N)cc2[N+](=O)[O-])C1. The van der Waals surface area contributed by atoms with E-state index in [0.29, 0.717) is 18.7 Å². The molecule has 1 aliphatic heterocycles. The summed E-state index contributed by atoms with van der Waals surface area (Å²) in [6.45, 7) is 2.29. The predicted octanol–water partition coefficient (Wildman–Crippen LogP) is 1.77. The first-order valence-corrected chi connectivity index (χ1v) is 6.04. The third kappa shape index (κ3) is 2.28. The molecule has 0 amide bonds. The molecule has 1 N–H and O–H groups in total. The topological polar surface area (TPSA) is 107 Å². The fourth-order valence-electron chi connectivity index (χ4n) is 2.35. The fraction of sp³-hybridized carbons (Fsp3) is 0.385. The summed E-state index contributed by atoms with van der Waals surface area (Å²) in [4.78, 5) is 23.4. The van der Waals surface area contributed by atoms with Crippen LogP contribution in [0.4, 0.5) is 11.4 Å². The van der Waals surface area contributed by atoms with Crippen molar-refractivity contribution in [1.29, 1.82) is 5.26 Å². The van der Waals surface area contributed by atoms with Crippen LogP contribution >= 0.6 is 0 Å². The Kier molecular flexibility index (Phi) is 3.32. The van der Waals surface area contributed by atoms with Crippen molar-refractivity contribution < 1.29 is 14.8 Å². The zero-order valence-electron chi connectivity index (χ0n) is 10.9. The van der Waals surface area contributed by atoms with E-state index in [1.165, 1.54) is 18.2 Å². The Labute approximate surface area is 115 Å². The predicted molar refractivity (Wildman–Crippen MR) is 70.4 cm³/mol. The van der Waals surface area contributed by atoms with E-state index in [1.54, 1.807) is 11.8 Å². The number of nitro groups is 1. The number of nitrogens with zero attached hydrogens (tertiary/aromatic N) is 3. The molecule has 0 aliphatic carbocycles. The van der Waals surface area contributed by atoms with Crippen LogP contribution in [0.2, 0.25) is 0 Å². The molecule has 0 bridgehead atoms. The van der Waals surface area contributed by atoms with Gasteiger partial charge in [-0.2, -0.15) is 5.26 Å². The van der Waals surface area contributed by atoms with Crippen molar-refractivity contribution in [1.82, 2.24) is 0 Å². The van der Waals surface area contributed by atoms with Crippen LogP contribution in [0.5, 0.6) is 0 Å². The van der Waals surface area contributed by atoms with E-state index >= 15 is 0 Å². The van der Waals surface area contributed by atoms with Gasteiger partial charge in [-0.1, -0.05) is 0 Å². The number of aliphatic carboxylic acids is 1. The van der Waals surface area contributed by atoms with Crippen LogP contribution in [-0.2, 0) is 4.79 Å². The van der Waals surface area contributed by atoms with Gasteiger partial charge in [0.25, 0.3) is 5.69 Å². The number of carboxylic acid groups (broad SMARTS) is 1. The maximum absolute atomic E-state index is 11.2. The molecule has 0 saturated carbocycles. The van der Waals surface area contributed by atoms with Gasteiger partial charge >= 0.3 is 5.97 Å². The molecule has 1 atom stereocenters. The number of hydrogen-bond acceptors (Lipinski definition) is 5. The van der Waals surface area contributed by atoms with Crippen molar-refractivity contribution >= 4 is 17.3 Å². The van der Waals surface area contributed by atoms with Crippen molar-refractivity contribution in [3.05, 3.63) is 33.9 Å². The second-order valence-corrected chi connectivity index (χ2v) is 5.11. The highest BCUT2D eigenvalue weighted by Gasteiger charge is 2.41. The number of nitriles is 1. The smallest absolute Gasteiger partial charge is 0.311 e. The van der Waals surface area contributed by atoms with Gasteiger partial charge in [-0.05, 0) is 25.5 Å². The first-order chi connectivity index (χ1) is 9.37. The zero-order valence-corrected chi connectivity index (χ0v) is 10.9. The van der Waals surface area contributed by atoms with Crippen LogP contribution in [0.25, 0.3) is 0 Å². The Hall–Kier alpha value is -2.62. The monoisotopic (exact) mass is 275 g/mol. The Morgan fingerprint density at radius 3 is 2.80 bits per heavy atom. The van der Waals surface area contributed by atoms with Gasteiger partial charge in [-0.25, -0.2) is 0 Å². The summed E-state index contributed by atoms with van der Waals surface area (Å²) < 4.78 is 0. The number of anilines is 1. The van der Waals surface area contributed by atoms with Crippen molar-refractivity contribution in [2.24, 2.45) is 5.41 Å². The molecule has 7 heteroatoms. The highest BCUT2D eigenvalue weighted by molar-refractivity contribution is 5.77. The number of carboxylic acids is 1. The van der Waals surface area contributed by atoms with E-state index in [4.69, 9.17) is 5.26 Å². The standard InChI is InChI=1S/C13H13N3O4/c1-13(12(17)18)4-5-15(8-13)10-3-2-9(7-14)6-11(10)16(19)20/h2-3,6H,4-5,8H2,1H3,(H,17,18). The molecule has 1 heterocycles. The average molecular weight is 275 g/mol. The van der Waals surface area contributed by atoms with Crippen molar-refractivity contribution in [3.63, 3.8) is 0 Å². The number of hydrogen-bond donors (Lipinski definition) is 1. The van der Waals surface area contributed by atoms with Gasteiger partial charge in [0.1, 0.15) is 5.69 Å². The lowest BCUT2D eigenvalue weighted by Gasteiger charge is -2.21. The third-order valence-corrected chi connectivity index (χ3v) is 3.63. The minimum Gasteiger partial charge on any atom is -0.481 e. The highest BCUT2D eigenvalue weighted by Crippen LogP contribution is 2.37. The van der Waals surface area contributed by atoms with E-state index in [2.05, 4.69) is 0 Å². The van der Waals surface area contributed by atoms with Gasteiger partial charge in [-0.3, -0.25) is 14.9 Å². The lowest BCUT2D eigenvalue weighted by Crippen LogP contribution is -2.31. The second kappa shape index (κ2) is 4.81. The molecular weight excluding hydrogens is 262 g/mol. The normalized spacial score (nSPS) is 21.5. The lowest BCUT2D eigenvalue weighted by atomic mass is 9.90. The van der Waals surface area contributed by atoms with Crippen molar-refractivity contribution in [3.8, 4) is 6.07 Å². The molecule has 0 aromatic heterocycles. The van der Waals surface area contributed by atoms with E-state index in [-0.39, 0.29) is 17.8 Å². The van der Waals surface area contributed by atoms with Crippen LogP contribution in [0.15, 0.2) is 18.2 Å². The van der Waals surface area contributed by atoms with Crippen LogP contribution in [0, 0.1) is 26.9 Å². The van der Waals surface area contributed by atoms with Gasteiger partial charge in [0.15, 0.2) is 0 Å². The van der Waals surface area contributed by atoms with Crippen LogP contribution < -0.4 is 4.90 Å². The van der Waals surface area contributed by atoms with Crippen LogP contribution in [0.3, 0.4) is 0 Å². The number of nitro benzene ring substituents is 1. The number of rotatable bonds is 3. The summed E-state index contributed by atoms with van der Waals surface area (Å²) >= 11 is 0. The zero-order chi connectivity index (χ0) is 14.9. The van der Waals surface area contributed by atoms with E-state index in [0.717, 1.165) is 0 Å². The summed E-state index contributed by atoms with van der Waals surface area (Å²) in [6.07, 6.45) is 0.430. The number of benzene rings is 1. The molecular formula is C13H13N3O4. The van der Waals surface area contributed by atoms with E-state index in [9.17, 15) is 20.0 Å². The minimum atomic E-state index is -0.906. The summed E-state index contributed by atoms with van der Waals surface area (Å²) in [5, 5.41) is 29.1. The van der Waals surface area contributed by atoms with Gasteiger partial charge in [0.05, 0.1) is 22.0 Å². The molecule has 1 aromatic rings. The molecule has 104 valence electrons. The summed E-state index contributed by atoms with van der Waals surface area (Å²) in [7, 11) is 0. The summed E-state index contributed by atoms with van der Waals surface area (Å²) in [5.74, 6) is -0.906. The largest absolute Gasteiger partial charge is 0.481 e. The molecule has 1 aliphatic rings. The average Bonchev–Trinajstić information content (AvgIpc) is 2.82. The van der Waals surface area contributed by atoms with Crippen LogP contribution in [-0.4, -0.2) is 29.1 Å². The minimum absolute atomic E-state index is 0.168. The Bertz CT molecular complexity index is 623. The summed E-state index contributed by atoms with van der Waals surface area (Å²) in [6, 6.07) is 6.07. The maximum atomic E-state index is 11.2. The summed E-state index contributed by atoms with van der Waals surface area (Å²) in [5.41, 5.74) is -0.500.